The van der Waals surface area contributed by atoms with Gasteiger partial charge in [-0.05, 0) is 0 Å². The average Bonchev–Trinajstić information content (AvgIpc) is 1.36. The fraction of sp³-hybridized carbons (Fsp3) is 0. The third-order valence-corrected chi connectivity index (χ3v) is 0.321. The van der Waals surface area contributed by atoms with Crippen LogP contribution in [0.25, 0.3) is 0 Å². The largest absolute Gasteiger partial charge is 0.0920 e. The van der Waals surface area contributed by atoms with E-state index in [1.165, 1.54) is 0 Å². The molecule has 0 aliphatic carbocycles. The van der Waals surface area contributed by atoms with Gasteiger partial charge < -0.3 is 0 Å². The van der Waals surface area contributed by atoms with Crippen LogP contribution in [-0.2, 0) is 0 Å². The molecule has 0 nitrogen and oxygen atoms in total. The lowest BCUT2D eigenvalue weighted by molar-refractivity contribution is 2.51. The standard InChI is InChI=1S/C2H2Cl2/c3-1-2-4/h1-2H/i1D,2D. The Labute approximate surface area is 37.8 Å². The van der Waals surface area contributed by atoms with Crippen molar-refractivity contribution in [1.82, 2.24) is 0 Å². The third kappa shape index (κ3) is 2.32. The second-order valence-electron chi connectivity index (χ2n) is 0.189. The fourth-order valence-electron chi connectivity index (χ4n) is 0. The number of halogens is 2. The topological polar surface area (TPSA) is 0 Å². The van der Waals surface area contributed by atoms with E-state index in [-0.39, 0.29) is 0 Å². The van der Waals surface area contributed by atoms with Crippen LogP contribution < -0.4 is 0 Å². The van der Waals surface area contributed by atoms with E-state index in [1.54, 1.807) is 0 Å². The molecule has 0 aliphatic heterocycles. The highest BCUT2D eigenvalue weighted by molar-refractivity contribution is 6.33. The molecule has 0 aromatic heterocycles. The summed E-state index contributed by atoms with van der Waals surface area (Å²) in [6, 6.07) is 0. The van der Waals surface area contributed by atoms with E-state index < -0.39 is 11.0 Å². The van der Waals surface area contributed by atoms with E-state index >= 15 is 0 Å². The Morgan fingerprint density at radius 3 is 1.75 bits per heavy atom. The monoisotopic (exact) mass is 98.0 g/mol. The summed E-state index contributed by atoms with van der Waals surface area (Å²) >= 11 is 9.68. The molecule has 0 bridgehead atoms. The normalized spacial score (nSPS) is 21.5. The number of hydrogen-bond acceptors (Lipinski definition) is 0. The Morgan fingerprint density at radius 2 is 1.75 bits per heavy atom. The van der Waals surface area contributed by atoms with Gasteiger partial charge in [0, 0.05) is 11.0 Å². The van der Waals surface area contributed by atoms with Gasteiger partial charge in [0.2, 0.25) is 0 Å². The summed E-state index contributed by atoms with van der Waals surface area (Å²) in [5, 5.41) is 0. The zero-order chi connectivity index (χ0) is 5.15. The van der Waals surface area contributed by atoms with Crippen LogP contribution in [0.2, 0.25) is 0 Å². The van der Waals surface area contributed by atoms with E-state index in [9.17, 15) is 0 Å². The smallest absolute Gasteiger partial charge is 0.0764 e. The number of rotatable bonds is 0. The van der Waals surface area contributed by atoms with Crippen molar-refractivity contribution < 1.29 is 2.74 Å². The second-order valence-corrected chi connectivity index (χ2v) is 0.567. The molecule has 2 heteroatoms. The van der Waals surface area contributed by atoms with Gasteiger partial charge >= 0.3 is 0 Å². The molecule has 0 aliphatic rings. The summed E-state index contributed by atoms with van der Waals surface area (Å²) in [4.78, 5) is 0. The Balaban J connectivity index is 3.68. The number of hydrogen-bond donors (Lipinski definition) is 0. The molecule has 0 aromatic carbocycles. The maximum absolute atomic E-state index is 6.36. The van der Waals surface area contributed by atoms with Crippen LogP contribution in [0.1, 0.15) is 2.74 Å². The van der Waals surface area contributed by atoms with Crippen molar-refractivity contribution in [3.05, 3.63) is 11.0 Å². The van der Waals surface area contributed by atoms with Crippen LogP contribution in [0, 0.1) is 0 Å². The van der Waals surface area contributed by atoms with Crippen LogP contribution >= 0.6 is 23.2 Å². The van der Waals surface area contributed by atoms with Gasteiger partial charge in [-0.15, -0.1) is 0 Å². The first-order chi connectivity index (χ1) is 2.64. The summed E-state index contributed by atoms with van der Waals surface area (Å²) in [5.41, 5.74) is -0.840. The predicted molar refractivity (Wildman–Crippen MR) is 20.8 cm³/mol. The molecule has 0 atom stereocenters. The lowest BCUT2D eigenvalue weighted by Crippen LogP contribution is -1.11. The van der Waals surface area contributed by atoms with E-state index in [2.05, 4.69) is 0 Å². The summed E-state index contributed by atoms with van der Waals surface area (Å²) in [6.45, 7) is 0. The fourth-order valence-corrected chi connectivity index (χ4v) is 0. The molecule has 0 amide bonds. The molecule has 0 heterocycles. The Bertz CT molecular complexity index is 59.6. The van der Waals surface area contributed by atoms with Gasteiger partial charge in [-0.3, -0.25) is 0 Å². The summed E-state index contributed by atoms with van der Waals surface area (Å²) in [5.74, 6) is 0. The van der Waals surface area contributed by atoms with Crippen molar-refractivity contribution in [3.8, 4) is 0 Å². The van der Waals surface area contributed by atoms with Crippen LogP contribution in [0.5, 0.6) is 0 Å². The van der Waals surface area contributed by atoms with Gasteiger partial charge in [-0.2, -0.15) is 0 Å². The first-order valence-electron chi connectivity index (χ1n) is 1.63. The molecule has 0 saturated heterocycles. The van der Waals surface area contributed by atoms with Gasteiger partial charge in [-0.1, -0.05) is 23.2 Å². The highest BCUT2D eigenvalue weighted by Crippen LogP contribution is 1.78. The Morgan fingerprint density at radius 1 is 1.50 bits per heavy atom. The zero-order valence-corrected chi connectivity index (χ0v) is 3.27. The van der Waals surface area contributed by atoms with Gasteiger partial charge in [0.15, 0.2) is 0 Å². The van der Waals surface area contributed by atoms with Gasteiger partial charge in [0.25, 0.3) is 0 Å². The summed E-state index contributed by atoms with van der Waals surface area (Å²) < 4.78 is 12.7. The molecule has 0 spiro atoms. The average molecular weight is 99.0 g/mol. The molecule has 24 valence electrons. The van der Waals surface area contributed by atoms with Crippen LogP contribution in [0.15, 0.2) is 11.0 Å². The maximum Gasteiger partial charge on any atom is 0.0764 e. The first-order valence-corrected chi connectivity index (χ1v) is 1.38. The van der Waals surface area contributed by atoms with Gasteiger partial charge in [0.05, 0.1) is 2.74 Å². The Hall–Kier alpha value is 0.320. The van der Waals surface area contributed by atoms with Crippen molar-refractivity contribution in [3.63, 3.8) is 0 Å². The quantitative estimate of drug-likeness (QED) is 0.435. The molecule has 4 heavy (non-hydrogen) atoms. The molecular weight excluding hydrogens is 94.9 g/mol. The molecule has 0 unspecified atom stereocenters. The minimum atomic E-state index is -0.420. The van der Waals surface area contributed by atoms with Crippen molar-refractivity contribution >= 4 is 23.2 Å². The minimum absolute atomic E-state index is 0.420. The molecular formula is C2H2Cl2. The Kier molecular flexibility index (Phi) is 1.40. The minimum Gasteiger partial charge on any atom is -0.0920 e. The van der Waals surface area contributed by atoms with Crippen LogP contribution in [0.4, 0.5) is 0 Å². The molecule has 0 saturated carbocycles. The lowest BCUT2D eigenvalue weighted by atomic mass is 11.3. The molecule has 0 rings (SSSR count). The second kappa shape index (κ2) is 3.32. The lowest BCUT2D eigenvalue weighted by Gasteiger charge is -1.44. The maximum atomic E-state index is 6.36. The zero-order valence-electron chi connectivity index (χ0n) is 3.76. The first kappa shape index (κ1) is 1.68. The van der Waals surface area contributed by atoms with Crippen LogP contribution in [0.3, 0.4) is 0 Å². The highest BCUT2D eigenvalue weighted by atomic mass is 35.5. The summed E-state index contributed by atoms with van der Waals surface area (Å²) in [7, 11) is 0. The molecule has 0 aromatic rings. The van der Waals surface area contributed by atoms with Crippen molar-refractivity contribution in [2.24, 2.45) is 0 Å². The van der Waals surface area contributed by atoms with Crippen molar-refractivity contribution in [1.29, 1.82) is 0 Å². The van der Waals surface area contributed by atoms with Gasteiger partial charge in [0.1, 0.15) is 0 Å². The molecule has 0 fully saturated rings. The highest BCUT2D eigenvalue weighted by Gasteiger charge is 1.40. The third-order valence-electron chi connectivity index (χ3n) is 0.0357. The SMILES string of the molecule is [2H]C(Cl)=C([2H])Cl. The van der Waals surface area contributed by atoms with Crippen molar-refractivity contribution in [2.75, 3.05) is 0 Å². The van der Waals surface area contributed by atoms with Crippen molar-refractivity contribution in [2.45, 2.75) is 0 Å². The molecule has 0 N–H and O–H groups in total. The summed E-state index contributed by atoms with van der Waals surface area (Å²) in [6.07, 6.45) is 0. The van der Waals surface area contributed by atoms with E-state index in [1.807, 2.05) is 0 Å². The van der Waals surface area contributed by atoms with Crippen LogP contribution in [-0.4, -0.2) is 0 Å². The molecule has 0 radical (unpaired) electrons. The van der Waals surface area contributed by atoms with E-state index in [0.717, 1.165) is 0 Å². The van der Waals surface area contributed by atoms with E-state index in [0.29, 0.717) is 0 Å². The van der Waals surface area contributed by atoms with Gasteiger partial charge in [-0.25, -0.2) is 0 Å². The predicted octanol–water partition coefficient (Wildman–Crippen LogP) is 1.94. The van der Waals surface area contributed by atoms with E-state index in [4.69, 9.17) is 25.9 Å².